The standard InChI is InChI=1S/C15H20N4O5S/c1-8(21)16-11-13(23)12(22)10(7-20)24-14(11)18-19-15(25)17-9-5-3-2-4-6-9/h2-6,10-13,20,22-23H,7H2,1H3,(H,16,21)(H2,17,19,25)/b18-14-/t10-,11-,12-,13-/m1/s1. The van der Waals surface area contributed by atoms with Crippen LogP contribution in [-0.4, -0.2) is 63.2 Å². The number of carbonyl (C=O) groups excluding carboxylic acids is 1. The fourth-order valence-electron chi connectivity index (χ4n) is 2.25. The van der Waals surface area contributed by atoms with Crippen molar-refractivity contribution >= 4 is 34.8 Å². The van der Waals surface area contributed by atoms with E-state index >= 15 is 0 Å². The third kappa shape index (κ3) is 5.10. The molecule has 0 unspecified atom stereocenters. The molecule has 1 aromatic carbocycles. The van der Waals surface area contributed by atoms with Crippen molar-refractivity contribution in [3.8, 4) is 0 Å². The summed E-state index contributed by atoms with van der Waals surface area (Å²) in [5, 5.41) is 38.7. The van der Waals surface area contributed by atoms with Gasteiger partial charge in [0.2, 0.25) is 11.8 Å². The van der Waals surface area contributed by atoms with E-state index in [0.29, 0.717) is 0 Å². The van der Waals surface area contributed by atoms with Crippen LogP contribution in [0.4, 0.5) is 5.69 Å². The van der Waals surface area contributed by atoms with Crippen molar-refractivity contribution in [2.45, 2.75) is 31.3 Å². The van der Waals surface area contributed by atoms with Crippen LogP contribution in [0.2, 0.25) is 0 Å². The van der Waals surface area contributed by atoms with Crippen molar-refractivity contribution in [1.82, 2.24) is 10.7 Å². The van der Waals surface area contributed by atoms with Crippen LogP contribution in [0.1, 0.15) is 6.92 Å². The number of amides is 1. The van der Waals surface area contributed by atoms with Crippen LogP contribution in [0.25, 0.3) is 0 Å². The zero-order valence-electron chi connectivity index (χ0n) is 13.4. The molecule has 0 saturated carbocycles. The molecule has 1 fully saturated rings. The zero-order chi connectivity index (χ0) is 18.4. The van der Waals surface area contributed by atoms with Crippen molar-refractivity contribution in [2.75, 3.05) is 11.9 Å². The molecular weight excluding hydrogens is 348 g/mol. The number of aliphatic hydroxyl groups excluding tert-OH is 3. The van der Waals surface area contributed by atoms with E-state index in [1.807, 2.05) is 18.2 Å². The van der Waals surface area contributed by atoms with E-state index < -0.39 is 36.9 Å². The Morgan fingerprint density at radius 3 is 2.56 bits per heavy atom. The number of nitrogens with zero attached hydrogens (tertiary/aromatic N) is 1. The summed E-state index contributed by atoms with van der Waals surface area (Å²) in [6.07, 6.45) is -3.85. The van der Waals surface area contributed by atoms with Crippen LogP contribution in [0.3, 0.4) is 0 Å². The number of hydrazone groups is 1. The van der Waals surface area contributed by atoms with Gasteiger partial charge in [-0.15, -0.1) is 5.10 Å². The minimum absolute atomic E-state index is 0.107. The monoisotopic (exact) mass is 368 g/mol. The number of thiocarbonyl (C=S) groups is 1. The lowest BCUT2D eigenvalue weighted by atomic mass is 9.97. The average molecular weight is 368 g/mol. The van der Waals surface area contributed by atoms with Crippen LogP contribution in [0, 0.1) is 0 Å². The lowest BCUT2D eigenvalue weighted by molar-refractivity contribution is -0.125. The van der Waals surface area contributed by atoms with E-state index in [2.05, 4.69) is 21.2 Å². The number of carbonyl (C=O) groups is 1. The average Bonchev–Trinajstić information content (AvgIpc) is 2.59. The summed E-state index contributed by atoms with van der Waals surface area (Å²) in [5.74, 6) is -0.552. The first kappa shape index (κ1) is 19.1. The highest BCUT2D eigenvalue weighted by Gasteiger charge is 2.43. The Hall–Kier alpha value is -2.27. The fourth-order valence-corrected chi connectivity index (χ4v) is 2.42. The molecule has 1 aromatic rings. The number of aliphatic hydroxyl groups is 3. The second-order valence-corrected chi connectivity index (χ2v) is 5.79. The molecule has 1 aliphatic heterocycles. The summed E-state index contributed by atoms with van der Waals surface area (Å²) in [7, 11) is 0. The van der Waals surface area contributed by atoms with Gasteiger partial charge in [0.15, 0.2) is 11.2 Å². The highest BCUT2D eigenvalue weighted by atomic mass is 32.1. The summed E-state index contributed by atoms with van der Waals surface area (Å²) in [6, 6.07) is 8.05. The topological polar surface area (TPSA) is 135 Å². The summed E-state index contributed by atoms with van der Waals surface area (Å²) in [6.45, 7) is 0.723. The third-order valence-corrected chi connectivity index (χ3v) is 3.64. The van der Waals surface area contributed by atoms with Crippen LogP contribution >= 0.6 is 12.2 Å². The minimum Gasteiger partial charge on any atom is -0.470 e. The highest BCUT2D eigenvalue weighted by molar-refractivity contribution is 7.80. The minimum atomic E-state index is -1.40. The van der Waals surface area contributed by atoms with Gasteiger partial charge in [0.25, 0.3) is 0 Å². The van der Waals surface area contributed by atoms with E-state index in [1.54, 1.807) is 12.1 Å². The van der Waals surface area contributed by atoms with Gasteiger partial charge in [0.1, 0.15) is 18.2 Å². The molecular formula is C15H20N4O5S. The molecule has 0 aliphatic carbocycles. The van der Waals surface area contributed by atoms with Gasteiger partial charge in [0.05, 0.1) is 6.61 Å². The molecule has 0 bridgehead atoms. The Morgan fingerprint density at radius 2 is 1.96 bits per heavy atom. The molecule has 0 spiro atoms. The van der Waals surface area contributed by atoms with Crippen molar-refractivity contribution in [3.63, 3.8) is 0 Å². The molecule has 6 N–H and O–H groups in total. The van der Waals surface area contributed by atoms with Gasteiger partial charge < -0.3 is 30.7 Å². The largest absolute Gasteiger partial charge is 0.470 e. The van der Waals surface area contributed by atoms with Crippen molar-refractivity contribution in [1.29, 1.82) is 0 Å². The summed E-state index contributed by atoms with van der Waals surface area (Å²) in [4.78, 5) is 11.3. The second kappa shape index (κ2) is 8.72. The first-order chi connectivity index (χ1) is 11.9. The molecule has 0 aromatic heterocycles. The number of anilines is 1. The van der Waals surface area contributed by atoms with Crippen molar-refractivity contribution in [3.05, 3.63) is 30.3 Å². The van der Waals surface area contributed by atoms with Gasteiger partial charge in [-0.1, -0.05) is 18.2 Å². The summed E-state index contributed by atoms with van der Waals surface area (Å²) >= 11 is 5.11. The van der Waals surface area contributed by atoms with Crippen molar-refractivity contribution < 1.29 is 24.9 Å². The Balaban J connectivity index is 2.09. The van der Waals surface area contributed by atoms with Crippen LogP contribution in [-0.2, 0) is 9.53 Å². The Bertz CT molecular complexity index is 642. The Labute approximate surface area is 149 Å². The smallest absolute Gasteiger partial charge is 0.232 e. The molecule has 1 heterocycles. The molecule has 1 aliphatic rings. The third-order valence-electron chi connectivity index (χ3n) is 3.45. The molecule has 9 nitrogen and oxygen atoms in total. The molecule has 136 valence electrons. The summed E-state index contributed by atoms with van der Waals surface area (Å²) < 4.78 is 5.36. The summed E-state index contributed by atoms with van der Waals surface area (Å²) in [5.41, 5.74) is 3.28. The second-order valence-electron chi connectivity index (χ2n) is 5.38. The number of benzene rings is 1. The molecule has 4 atom stereocenters. The van der Waals surface area contributed by atoms with E-state index in [-0.39, 0.29) is 11.0 Å². The van der Waals surface area contributed by atoms with Gasteiger partial charge >= 0.3 is 0 Å². The Kier molecular flexibility index (Phi) is 6.65. The zero-order valence-corrected chi connectivity index (χ0v) is 14.2. The fraction of sp³-hybridized carbons (Fsp3) is 0.400. The van der Waals surface area contributed by atoms with Gasteiger partial charge in [0, 0.05) is 12.6 Å². The first-order valence-corrected chi connectivity index (χ1v) is 7.93. The van der Waals surface area contributed by atoms with E-state index in [4.69, 9.17) is 17.0 Å². The Morgan fingerprint density at radius 1 is 1.28 bits per heavy atom. The predicted octanol–water partition coefficient (Wildman–Crippen LogP) is -1.10. The molecule has 1 saturated heterocycles. The van der Waals surface area contributed by atoms with Gasteiger partial charge in [-0.25, -0.2) is 0 Å². The van der Waals surface area contributed by atoms with Gasteiger partial charge in [-0.2, -0.15) is 0 Å². The van der Waals surface area contributed by atoms with Gasteiger partial charge in [-0.05, 0) is 24.4 Å². The maximum Gasteiger partial charge on any atom is 0.232 e. The molecule has 0 radical (unpaired) electrons. The van der Waals surface area contributed by atoms with Crippen LogP contribution < -0.4 is 16.1 Å². The maximum absolute atomic E-state index is 11.3. The highest BCUT2D eigenvalue weighted by Crippen LogP contribution is 2.17. The van der Waals surface area contributed by atoms with Gasteiger partial charge in [-0.3, -0.25) is 10.2 Å². The quantitative estimate of drug-likeness (QED) is 0.291. The van der Waals surface area contributed by atoms with Crippen LogP contribution in [0.15, 0.2) is 35.4 Å². The lowest BCUT2D eigenvalue weighted by Crippen LogP contribution is -2.62. The lowest BCUT2D eigenvalue weighted by Gasteiger charge is -2.37. The number of ether oxygens (including phenoxy) is 1. The maximum atomic E-state index is 11.3. The SMILES string of the molecule is CC(=O)N[C@H]1/C(=N/NC(=S)Nc2ccccc2)O[C@H](CO)[C@@H](O)[C@@H]1O. The normalized spacial score (nSPS) is 27.3. The number of para-hydroxylation sites is 1. The molecule has 10 heteroatoms. The number of hydrogen-bond acceptors (Lipinski definition) is 7. The van der Waals surface area contributed by atoms with Crippen LogP contribution in [0.5, 0.6) is 0 Å². The molecule has 1 amide bonds. The first-order valence-electron chi connectivity index (χ1n) is 7.52. The van der Waals surface area contributed by atoms with E-state index in [0.717, 1.165) is 5.69 Å². The van der Waals surface area contributed by atoms with E-state index in [1.165, 1.54) is 6.92 Å². The molecule has 2 rings (SSSR count). The number of nitrogens with one attached hydrogen (secondary N) is 3. The predicted molar refractivity (Wildman–Crippen MR) is 94.8 cm³/mol. The van der Waals surface area contributed by atoms with Crippen molar-refractivity contribution in [2.24, 2.45) is 5.10 Å². The van der Waals surface area contributed by atoms with E-state index in [9.17, 15) is 20.1 Å². The molecule has 25 heavy (non-hydrogen) atoms. The number of hydrogen-bond donors (Lipinski definition) is 6. The number of rotatable bonds is 4.